The Hall–Kier alpha value is -0.220. The van der Waals surface area contributed by atoms with Crippen molar-refractivity contribution in [2.24, 2.45) is 0 Å². The average molecular weight is 204 g/mol. The van der Waals surface area contributed by atoms with Crippen molar-refractivity contribution in [2.45, 2.75) is 26.3 Å². The summed E-state index contributed by atoms with van der Waals surface area (Å²) in [6, 6.07) is 0.249. The van der Waals surface area contributed by atoms with E-state index in [-0.39, 0.29) is 11.9 Å². The molecule has 0 aliphatic heterocycles. The highest BCUT2D eigenvalue weighted by molar-refractivity contribution is 7.98. The topological polar surface area (TPSA) is 41.1 Å². The highest BCUT2D eigenvalue weighted by atomic mass is 32.2. The number of rotatable bonds is 7. The van der Waals surface area contributed by atoms with Gasteiger partial charge in [0.25, 0.3) is 0 Å². The third-order valence-corrected chi connectivity index (χ3v) is 2.07. The Bertz CT molecular complexity index is 140. The molecule has 78 valence electrons. The maximum atomic E-state index is 11.1. The van der Waals surface area contributed by atoms with Crippen LogP contribution in [-0.4, -0.2) is 37.0 Å². The van der Waals surface area contributed by atoms with Gasteiger partial charge < -0.3 is 10.6 Å². The molecule has 0 spiro atoms. The maximum Gasteiger partial charge on any atom is 0.221 e. The molecule has 0 bridgehead atoms. The van der Waals surface area contributed by atoms with Crippen LogP contribution in [-0.2, 0) is 4.79 Å². The lowest BCUT2D eigenvalue weighted by atomic mass is 10.3. The molecule has 0 aromatic heterocycles. The van der Waals surface area contributed by atoms with Gasteiger partial charge in [-0.05, 0) is 20.1 Å². The van der Waals surface area contributed by atoms with Crippen molar-refractivity contribution < 1.29 is 4.79 Å². The summed E-state index contributed by atoms with van der Waals surface area (Å²) in [4.78, 5) is 11.1. The van der Waals surface area contributed by atoms with Crippen LogP contribution >= 0.6 is 11.8 Å². The van der Waals surface area contributed by atoms with Gasteiger partial charge in [0.15, 0.2) is 0 Å². The van der Waals surface area contributed by atoms with E-state index in [1.54, 1.807) is 0 Å². The second-order valence-corrected chi connectivity index (χ2v) is 4.20. The zero-order valence-corrected chi connectivity index (χ0v) is 9.54. The first-order valence-corrected chi connectivity index (χ1v) is 6.05. The summed E-state index contributed by atoms with van der Waals surface area (Å²) in [7, 11) is 0. The number of hydrogen-bond acceptors (Lipinski definition) is 3. The Balaban J connectivity index is 3.17. The molecule has 0 saturated heterocycles. The van der Waals surface area contributed by atoms with Crippen LogP contribution in [0.4, 0.5) is 0 Å². The largest absolute Gasteiger partial charge is 0.354 e. The predicted molar refractivity (Wildman–Crippen MR) is 59.1 cm³/mol. The van der Waals surface area contributed by atoms with Gasteiger partial charge in [-0.15, -0.1) is 0 Å². The zero-order chi connectivity index (χ0) is 10.1. The number of hydrogen-bond donors (Lipinski definition) is 2. The number of carbonyl (C=O) groups is 1. The summed E-state index contributed by atoms with van der Waals surface area (Å²) in [5, 5.41) is 6.06. The van der Waals surface area contributed by atoms with Crippen LogP contribution in [0, 0.1) is 0 Å². The molecule has 0 heterocycles. The summed E-state index contributed by atoms with van der Waals surface area (Å²) in [6.07, 6.45) is 2.65. The molecule has 4 heteroatoms. The van der Waals surface area contributed by atoms with Crippen LogP contribution in [0.2, 0.25) is 0 Å². The van der Waals surface area contributed by atoms with Crippen LogP contribution in [0.1, 0.15) is 20.3 Å². The standard InChI is InChI=1S/C9H20N2OS/c1-8(2)11-9(12)4-5-10-6-7-13-3/h8,10H,4-7H2,1-3H3,(H,11,12). The molecule has 0 saturated carbocycles. The Morgan fingerprint density at radius 2 is 2.08 bits per heavy atom. The van der Waals surface area contributed by atoms with Crippen LogP contribution in [0.5, 0.6) is 0 Å². The smallest absolute Gasteiger partial charge is 0.221 e. The van der Waals surface area contributed by atoms with Gasteiger partial charge >= 0.3 is 0 Å². The molecule has 1 amide bonds. The van der Waals surface area contributed by atoms with E-state index in [0.29, 0.717) is 6.42 Å². The molecule has 0 aliphatic rings. The van der Waals surface area contributed by atoms with Crippen molar-refractivity contribution in [3.05, 3.63) is 0 Å². The highest BCUT2D eigenvalue weighted by Crippen LogP contribution is 1.87. The third kappa shape index (κ3) is 9.70. The van der Waals surface area contributed by atoms with Gasteiger partial charge in [-0.25, -0.2) is 0 Å². The minimum atomic E-state index is 0.131. The lowest BCUT2D eigenvalue weighted by Gasteiger charge is -2.08. The summed E-state index contributed by atoms with van der Waals surface area (Å²) in [5.41, 5.74) is 0. The molecule has 0 aromatic rings. The SMILES string of the molecule is CSCCNCCC(=O)NC(C)C. The Kier molecular flexibility index (Phi) is 8.24. The van der Waals surface area contributed by atoms with Crippen LogP contribution in [0.15, 0.2) is 0 Å². The Morgan fingerprint density at radius 3 is 2.62 bits per heavy atom. The van der Waals surface area contributed by atoms with E-state index < -0.39 is 0 Å². The van der Waals surface area contributed by atoms with Crippen LogP contribution < -0.4 is 10.6 Å². The molecule has 0 radical (unpaired) electrons. The molecule has 0 aliphatic carbocycles. The van der Waals surface area contributed by atoms with E-state index in [9.17, 15) is 4.79 Å². The van der Waals surface area contributed by atoms with Crippen molar-refractivity contribution in [1.29, 1.82) is 0 Å². The minimum Gasteiger partial charge on any atom is -0.354 e. The first kappa shape index (κ1) is 12.8. The van der Waals surface area contributed by atoms with Gasteiger partial charge in [-0.1, -0.05) is 0 Å². The van der Waals surface area contributed by atoms with E-state index in [1.165, 1.54) is 0 Å². The zero-order valence-electron chi connectivity index (χ0n) is 8.72. The number of carbonyl (C=O) groups excluding carboxylic acids is 1. The molecule has 0 aromatic carbocycles. The quantitative estimate of drug-likeness (QED) is 0.604. The van der Waals surface area contributed by atoms with E-state index in [0.717, 1.165) is 18.8 Å². The van der Waals surface area contributed by atoms with Gasteiger partial charge in [0, 0.05) is 31.3 Å². The van der Waals surface area contributed by atoms with E-state index >= 15 is 0 Å². The van der Waals surface area contributed by atoms with Gasteiger partial charge in [0.05, 0.1) is 0 Å². The van der Waals surface area contributed by atoms with E-state index in [4.69, 9.17) is 0 Å². The molecule has 0 unspecified atom stereocenters. The number of thioether (sulfide) groups is 1. The highest BCUT2D eigenvalue weighted by Gasteiger charge is 2.01. The normalized spacial score (nSPS) is 10.5. The molecule has 0 rings (SSSR count). The first-order chi connectivity index (χ1) is 6.16. The van der Waals surface area contributed by atoms with Crippen molar-refractivity contribution in [3.63, 3.8) is 0 Å². The lowest BCUT2D eigenvalue weighted by molar-refractivity contribution is -0.121. The van der Waals surface area contributed by atoms with Gasteiger partial charge in [0.1, 0.15) is 0 Å². The second-order valence-electron chi connectivity index (χ2n) is 3.22. The fourth-order valence-corrected chi connectivity index (χ4v) is 1.24. The number of nitrogens with one attached hydrogen (secondary N) is 2. The molecular formula is C9H20N2OS. The Labute approximate surface area is 85.0 Å². The first-order valence-electron chi connectivity index (χ1n) is 4.66. The monoisotopic (exact) mass is 204 g/mol. The van der Waals surface area contributed by atoms with Gasteiger partial charge in [0.2, 0.25) is 5.91 Å². The molecule has 2 N–H and O–H groups in total. The fraction of sp³-hybridized carbons (Fsp3) is 0.889. The average Bonchev–Trinajstić information content (AvgIpc) is 2.02. The summed E-state index contributed by atoms with van der Waals surface area (Å²) in [6.45, 7) is 5.70. The molecule has 13 heavy (non-hydrogen) atoms. The van der Waals surface area contributed by atoms with Crippen LogP contribution in [0.25, 0.3) is 0 Å². The molecule has 0 fully saturated rings. The maximum absolute atomic E-state index is 11.1. The van der Waals surface area contributed by atoms with Gasteiger partial charge in [-0.2, -0.15) is 11.8 Å². The lowest BCUT2D eigenvalue weighted by Crippen LogP contribution is -2.32. The number of amides is 1. The summed E-state index contributed by atoms with van der Waals surface area (Å²) >= 11 is 1.81. The van der Waals surface area contributed by atoms with Crippen molar-refractivity contribution in [1.82, 2.24) is 10.6 Å². The Morgan fingerprint density at radius 1 is 1.38 bits per heavy atom. The van der Waals surface area contributed by atoms with Crippen molar-refractivity contribution in [3.8, 4) is 0 Å². The fourth-order valence-electron chi connectivity index (χ4n) is 0.895. The minimum absolute atomic E-state index is 0.131. The van der Waals surface area contributed by atoms with Gasteiger partial charge in [-0.3, -0.25) is 4.79 Å². The predicted octanol–water partition coefficient (Wildman–Crippen LogP) is 0.854. The molecule has 3 nitrogen and oxygen atoms in total. The summed E-state index contributed by atoms with van der Waals surface area (Å²) in [5.74, 6) is 1.23. The van der Waals surface area contributed by atoms with Crippen LogP contribution in [0.3, 0.4) is 0 Å². The summed E-state index contributed by atoms with van der Waals surface area (Å²) < 4.78 is 0. The van der Waals surface area contributed by atoms with Crippen molar-refractivity contribution >= 4 is 17.7 Å². The van der Waals surface area contributed by atoms with E-state index in [1.807, 2.05) is 25.6 Å². The van der Waals surface area contributed by atoms with Crippen molar-refractivity contribution in [2.75, 3.05) is 25.1 Å². The third-order valence-electron chi connectivity index (χ3n) is 1.46. The second kappa shape index (κ2) is 8.38. The van der Waals surface area contributed by atoms with E-state index in [2.05, 4.69) is 16.9 Å². The molecular weight excluding hydrogens is 184 g/mol. The molecule has 0 atom stereocenters.